The summed E-state index contributed by atoms with van der Waals surface area (Å²) in [5.74, 6) is 0.675. The van der Waals surface area contributed by atoms with Gasteiger partial charge in [0.1, 0.15) is 0 Å². The van der Waals surface area contributed by atoms with Crippen LogP contribution in [0.25, 0.3) is 0 Å². The Morgan fingerprint density at radius 3 is 1.91 bits per heavy atom. The van der Waals surface area contributed by atoms with Crippen LogP contribution in [0, 0.1) is 28.6 Å². The van der Waals surface area contributed by atoms with Gasteiger partial charge < -0.3 is 4.74 Å². The highest BCUT2D eigenvalue weighted by Gasteiger charge is 2.54. The number of hydrogen-bond donors (Lipinski definition) is 0. The van der Waals surface area contributed by atoms with E-state index in [1.165, 1.54) is 12.8 Å². The third-order valence-corrected chi connectivity index (χ3v) is 8.99. The SMILES string of the molecule is CC(C)(C)N1CC(CC#N)(N2CCC(CC(C)(C)N3CC(CC#N)(N4CCOCC4)C3)C2)C1. The van der Waals surface area contributed by atoms with Crippen LogP contribution in [-0.4, -0.2) is 107 Å². The summed E-state index contributed by atoms with van der Waals surface area (Å²) in [6, 6.07) is 4.96. The molecule has 4 fully saturated rings. The van der Waals surface area contributed by atoms with Gasteiger partial charge in [-0.05, 0) is 59.9 Å². The van der Waals surface area contributed by atoms with Gasteiger partial charge in [0.15, 0.2) is 0 Å². The molecule has 0 aromatic rings. The normalized spacial score (nSPS) is 29.1. The number of likely N-dealkylation sites (tertiary alicyclic amines) is 3. The standard InChI is InChI=1S/C26H44N6O/c1-23(2,3)31-18-26(19-31,8-10-28)30-11-6-22(17-30)16-24(4,5)32-20-25(21-32,7-9-27)29-12-14-33-15-13-29/h22H,6-8,11-21H2,1-5H3. The minimum absolute atomic E-state index is 0.0106. The van der Waals surface area contributed by atoms with Crippen LogP contribution in [0.2, 0.25) is 0 Å². The van der Waals surface area contributed by atoms with Gasteiger partial charge in [-0.3, -0.25) is 19.6 Å². The van der Waals surface area contributed by atoms with Crippen molar-refractivity contribution in [2.45, 2.75) is 82.5 Å². The molecular formula is C26H44N6O. The molecular weight excluding hydrogens is 412 g/mol. The van der Waals surface area contributed by atoms with Crippen LogP contribution < -0.4 is 0 Å². The van der Waals surface area contributed by atoms with Crippen LogP contribution in [0.4, 0.5) is 0 Å². The fraction of sp³-hybridized carbons (Fsp3) is 0.923. The van der Waals surface area contributed by atoms with Gasteiger partial charge in [0.2, 0.25) is 0 Å². The summed E-state index contributed by atoms with van der Waals surface area (Å²) in [6.45, 7) is 21.3. The van der Waals surface area contributed by atoms with E-state index >= 15 is 0 Å². The second kappa shape index (κ2) is 9.10. The third kappa shape index (κ3) is 4.81. The summed E-state index contributed by atoms with van der Waals surface area (Å²) < 4.78 is 5.55. The molecule has 33 heavy (non-hydrogen) atoms. The molecule has 0 aromatic heterocycles. The lowest BCUT2D eigenvalue weighted by molar-refractivity contribution is -0.126. The van der Waals surface area contributed by atoms with Crippen molar-refractivity contribution in [1.82, 2.24) is 19.6 Å². The largest absolute Gasteiger partial charge is 0.379 e. The van der Waals surface area contributed by atoms with E-state index in [0.29, 0.717) is 18.8 Å². The Morgan fingerprint density at radius 1 is 0.818 bits per heavy atom. The molecule has 184 valence electrons. The molecule has 7 nitrogen and oxygen atoms in total. The Labute approximate surface area is 201 Å². The van der Waals surface area contributed by atoms with Crippen molar-refractivity contribution in [2.75, 3.05) is 65.6 Å². The number of hydrogen-bond acceptors (Lipinski definition) is 7. The van der Waals surface area contributed by atoms with Crippen molar-refractivity contribution in [3.05, 3.63) is 0 Å². The summed E-state index contributed by atoms with van der Waals surface area (Å²) in [5.41, 5.74) is 0.367. The fourth-order valence-corrected chi connectivity index (χ4v) is 6.68. The average molecular weight is 457 g/mol. The number of rotatable bonds is 7. The molecule has 4 rings (SSSR count). The van der Waals surface area contributed by atoms with Gasteiger partial charge in [-0.2, -0.15) is 10.5 Å². The first kappa shape index (κ1) is 24.9. The first-order chi connectivity index (χ1) is 15.5. The van der Waals surface area contributed by atoms with Crippen LogP contribution in [-0.2, 0) is 4.74 Å². The van der Waals surface area contributed by atoms with Crippen molar-refractivity contribution < 1.29 is 4.74 Å². The Morgan fingerprint density at radius 2 is 1.36 bits per heavy atom. The van der Waals surface area contributed by atoms with Gasteiger partial charge >= 0.3 is 0 Å². The zero-order chi connectivity index (χ0) is 23.9. The Kier molecular flexibility index (Phi) is 6.86. The molecule has 0 spiro atoms. The van der Waals surface area contributed by atoms with E-state index in [9.17, 15) is 10.5 Å². The number of ether oxygens (including phenoxy) is 1. The Bertz CT molecular complexity index is 772. The van der Waals surface area contributed by atoms with Crippen molar-refractivity contribution >= 4 is 0 Å². The monoisotopic (exact) mass is 456 g/mol. The highest BCUT2D eigenvalue weighted by molar-refractivity contribution is 5.14. The molecule has 0 N–H and O–H groups in total. The lowest BCUT2D eigenvalue weighted by Crippen LogP contribution is -2.75. The molecule has 4 aliphatic heterocycles. The van der Waals surface area contributed by atoms with Gasteiger partial charge in [0.25, 0.3) is 0 Å². The summed E-state index contributed by atoms with van der Waals surface area (Å²) in [5, 5.41) is 19.0. The highest BCUT2D eigenvalue weighted by atomic mass is 16.5. The molecule has 0 aromatic carbocycles. The minimum Gasteiger partial charge on any atom is -0.379 e. The lowest BCUT2D eigenvalue weighted by Gasteiger charge is -2.61. The van der Waals surface area contributed by atoms with Gasteiger partial charge in [0.05, 0.1) is 49.3 Å². The zero-order valence-electron chi connectivity index (χ0n) is 21.6. The van der Waals surface area contributed by atoms with Crippen LogP contribution >= 0.6 is 0 Å². The van der Waals surface area contributed by atoms with E-state index in [4.69, 9.17) is 4.74 Å². The van der Waals surface area contributed by atoms with Crippen molar-refractivity contribution in [3.63, 3.8) is 0 Å². The zero-order valence-corrected chi connectivity index (χ0v) is 21.6. The van der Waals surface area contributed by atoms with Crippen LogP contribution in [0.3, 0.4) is 0 Å². The predicted octanol–water partition coefficient (Wildman–Crippen LogP) is 2.54. The van der Waals surface area contributed by atoms with Crippen molar-refractivity contribution in [1.29, 1.82) is 10.5 Å². The minimum atomic E-state index is 0.0106. The van der Waals surface area contributed by atoms with Gasteiger partial charge in [-0.15, -0.1) is 0 Å². The molecule has 0 bridgehead atoms. The first-order valence-corrected chi connectivity index (χ1v) is 12.9. The summed E-state index contributed by atoms with van der Waals surface area (Å²) in [6.07, 6.45) is 3.66. The molecule has 4 aliphatic rings. The molecule has 1 atom stereocenters. The first-order valence-electron chi connectivity index (χ1n) is 12.9. The second-order valence-electron chi connectivity index (χ2n) is 12.7. The fourth-order valence-electron chi connectivity index (χ4n) is 6.68. The summed E-state index contributed by atoms with van der Waals surface area (Å²) >= 11 is 0. The second-order valence-corrected chi connectivity index (χ2v) is 12.7. The van der Waals surface area contributed by atoms with Crippen LogP contribution in [0.1, 0.15) is 60.3 Å². The van der Waals surface area contributed by atoms with E-state index in [-0.39, 0.29) is 22.2 Å². The van der Waals surface area contributed by atoms with Gasteiger partial charge in [0, 0.05) is 56.9 Å². The maximum Gasteiger partial charge on any atom is 0.0642 e. The number of nitrogens with zero attached hydrogens (tertiary/aromatic N) is 6. The predicted molar refractivity (Wildman–Crippen MR) is 130 cm³/mol. The highest BCUT2D eigenvalue weighted by Crippen LogP contribution is 2.43. The molecule has 0 amide bonds. The van der Waals surface area contributed by atoms with Crippen LogP contribution in [0.15, 0.2) is 0 Å². The van der Waals surface area contributed by atoms with E-state index < -0.39 is 0 Å². The van der Waals surface area contributed by atoms with Crippen molar-refractivity contribution in [2.24, 2.45) is 5.92 Å². The molecule has 0 aliphatic carbocycles. The molecule has 0 radical (unpaired) electrons. The molecule has 0 saturated carbocycles. The molecule has 1 unspecified atom stereocenters. The van der Waals surface area contributed by atoms with Crippen molar-refractivity contribution in [3.8, 4) is 12.1 Å². The Hall–Kier alpha value is -1.22. The topological polar surface area (TPSA) is 69.8 Å². The smallest absolute Gasteiger partial charge is 0.0642 e. The van der Waals surface area contributed by atoms with Gasteiger partial charge in [-0.1, -0.05) is 0 Å². The lowest BCUT2D eigenvalue weighted by atomic mass is 9.77. The molecule has 4 saturated heterocycles. The van der Waals surface area contributed by atoms with Gasteiger partial charge in [-0.25, -0.2) is 0 Å². The van der Waals surface area contributed by atoms with E-state index in [1.54, 1.807) is 0 Å². The Balaban J connectivity index is 1.33. The number of nitriles is 2. The molecule has 4 heterocycles. The van der Waals surface area contributed by atoms with E-state index in [2.05, 4.69) is 66.4 Å². The average Bonchev–Trinajstić information content (AvgIpc) is 3.14. The summed E-state index contributed by atoms with van der Waals surface area (Å²) in [4.78, 5) is 10.3. The quantitative estimate of drug-likeness (QED) is 0.583. The number of morpholine rings is 1. The third-order valence-electron chi connectivity index (χ3n) is 8.99. The van der Waals surface area contributed by atoms with E-state index in [1.807, 2.05) is 0 Å². The summed E-state index contributed by atoms with van der Waals surface area (Å²) in [7, 11) is 0. The van der Waals surface area contributed by atoms with Crippen LogP contribution in [0.5, 0.6) is 0 Å². The molecule has 7 heteroatoms. The van der Waals surface area contributed by atoms with E-state index in [0.717, 1.165) is 65.6 Å². The maximum absolute atomic E-state index is 9.54. The maximum atomic E-state index is 9.54.